The normalized spacial score (nSPS) is 40.6. The van der Waals surface area contributed by atoms with Crippen LogP contribution in [-0.4, -0.2) is 51.1 Å². The summed E-state index contributed by atoms with van der Waals surface area (Å²) >= 11 is 0. The van der Waals surface area contributed by atoms with E-state index in [1.165, 1.54) is 32.1 Å². The van der Waals surface area contributed by atoms with E-state index in [1.807, 2.05) is 0 Å². The summed E-state index contributed by atoms with van der Waals surface area (Å²) in [5.74, 6) is -0.210. The fourth-order valence-electron chi connectivity index (χ4n) is 3.93. The zero-order valence-electron chi connectivity index (χ0n) is 12.9. The van der Waals surface area contributed by atoms with Crippen LogP contribution in [0.25, 0.3) is 0 Å². The number of methoxy groups -OCH3 is 1. The van der Waals surface area contributed by atoms with Crippen LogP contribution in [0.5, 0.6) is 0 Å². The molecule has 3 fully saturated rings. The predicted molar refractivity (Wildman–Crippen MR) is 75.9 cm³/mol. The third-order valence-electron chi connectivity index (χ3n) is 5.19. The maximum absolute atomic E-state index is 12.8. The second-order valence-corrected chi connectivity index (χ2v) is 6.55. The molecule has 3 aliphatic rings. The molecular formula is C16H27FO4. The Morgan fingerprint density at radius 2 is 2.05 bits per heavy atom. The number of halogens is 1. The Morgan fingerprint density at radius 1 is 1.24 bits per heavy atom. The van der Waals surface area contributed by atoms with Gasteiger partial charge in [-0.05, 0) is 18.8 Å². The molecule has 21 heavy (non-hydrogen) atoms. The van der Waals surface area contributed by atoms with Crippen LogP contribution >= 0.6 is 0 Å². The van der Waals surface area contributed by atoms with E-state index in [2.05, 4.69) is 0 Å². The minimum atomic E-state index is -0.890. The molecule has 1 aliphatic carbocycles. The van der Waals surface area contributed by atoms with Gasteiger partial charge in [0.15, 0.2) is 5.79 Å². The summed E-state index contributed by atoms with van der Waals surface area (Å²) in [7, 11) is 1.63. The van der Waals surface area contributed by atoms with E-state index in [4.69, 9.17) is 18.9 Å². The van der Waals surface area contributed by atoms with Gasteiger partial charge in [0.25, 0.3) is 0 Å². The lowest BCUT2D eigenvalue weighted by molar-refractivity contribution is -0.277. The molecule has 1 saturated carbocycles. The summed E-state index contributed by atoms with van der Waals surface area (Å²) in [6, 6.07) is 0. The van der Waals surface area contributed by atoms with Crippen LogP contribution in [0.2, 0.25) is 0 Å². The first kappa shape index (κ1) is 15.7. The quantitative estimate of drug-likeness (QED) is 0.756. The summed E-state index contributed by atoms with van der Waals surface area (Å²) < 4.78 is 36.1. The highest BCUT2D eigenvalue weighted by molar-refractivity contribution is 4.97. The van der Waals surface area contributed by atoms with Crippen LogP contribution in [0.15, 0.2) is 0 Å². The van der Waals surface area contributed by atoms with E-state index in [-0.39, 0.29) is 24.7 Å². The van der Waals surface area contributed by atoms with Crippen molar-refractivity contribution in [2.75, 3.05) is 27.0 Å². The van der Waals surface area contributed by atoms with Gasteiger partial charge in [-0.25, -0.2) is 0 Å². The van der Waals surface area contributed by atoms with Gasteiger partial charge in [-0.2, -0.15) is 0 Å². The molecule has 5 heteroatoms. The van der Waals surface area contributed by atoms with Crippen molar-refractivity contribution in [3.05, 3.63) is 0 Å². The number of alkyl halides is 1. The van der Waals surface area contributed by atoms with Crippen molar-refractivity contribution in [2.24, 2.45) is 5.92 Å². The van der Waals surface area contributed by atoms with Gasteiger partial charge in [-0.3, -0.25) is 4.39 Å². The van der Waals surface area contributed by atoms with E-state index in [0.717, 1.165) is 13.0 Å². The van der Waals surface area contributed by atoms with Crippen molar-refractivity contribution in [1.82, 2.24) is 0 Å². The summed E-state index contributed by atoms with van der Waals surface area (Å²) in [6.07, 6.45) is 7.19. The van der Waals surface area contributed by atoms with Crippen molar-refractivity contribution >= 4 is 0 Å². The van der Waals surface area contributed by atoms with Crippen LogP contribution in [0, 0.1) is 5.92 Å². The Hall–Kier alpha value is -0.230. The first-order valence-electron chi connectivity index (χ1n) is 8.29. The number of fused-ring (bicyclic) bond motifs is 2. The minimum absolute atomic E-state index is 0.00659. The lowest BCUT2D eigenvalue weighted by Crippen LogP contribution is -2.53. The van der Waals surface area contributed by atoms with Gasteiger partial charge in [0.1, 0.15) is 12.2 Å². The highest BCUT2D eigenvalue weighted by Crippen LogP contribution is 2.42. The lowest BCUT2D eigenvalue weighted by Gasteiger charge is -2.41. The van der Waals surface area contributed by atoms with Crippen LogP contribution in [0.4, 0.5) is 4.39 Å². The first-order valence-corrected chi connectivity index (χ1v) is 8.29. The largest absolute Gasteiger partial charge is 0.376 e. The van der Waals surface area contributed by atoms with Gasteiger partial charge in [-0.1, -0.05) is 19.3 Å². The third-order valence-corrected chi connectivity index (χ3v) is 5.19. The molecule has 0 amide bonds. The molecule has 0 N–H and O–H groups in total. The topological polar surface area (TPSA) is 36.9 Å². The number of ether oxygens (including phenoxy) is 4. The van der Waals surface area contributed by atoms with Gasteiger partial charge >= 0.3 is 0 Å². The Balaban J connectivity index is 1.55. The SMILES string of the molecule is CO[C@@H]1C[C@H](OCC2CCCCC2)[C@H]2CO[C@]1(CCF)O2. The highest BCUT2D eigenvalue weighted by atomic mass is 19.1. The number of hydrogen-bond acceptors (Lipinski definition) is 4. The van der Waals surface area contributed by atoms with E-state index in [0.29, 0.717) is 12.5 Å². The molecule has 0 spiro atoms. The predicted octanol–water partition coefficient (Wildman–Crippen LogP) is 2.84. The van der Waals surface area contributed by atoms with Gasteiger partial charge < -0.3 is 18.9 Å². The average Bonchev–Trinajstić information content (AvgIpc) is 2.88. The van der Waals surface area contributed by atoms with Crippen LogP contribution in [0.1, 0.15) is 44.9 Å². The maximum Gasteiger partial charge on any atom is 0.197 e. The summed E-state index contributed by atoms with van der Waals surface area (Å²) in [4.78, 5) is 0. The van der Waals surface area contributed by atoms with Crippen LogP contribution < -0.4 is 0 Å². The first-order chi connectivity index (χ1) is 10.3. The summed E-state index contributed by atoms with van der Waals surface area (Å²) in [6.45, 7) is 0.826. The molecular weight excluding hydrogens is 275 g/mol. The third kappa shape index (κ3) is 3.26. The minimum Gasteiger partial charge on any atom is -0.376 e. The molecule has 0 radical (unpaired) electrons. The molecule has 122 valence electrons. The van der Waals surface area contributed by atoms with Gasteiger partial charge in [0.2, 0.25) is 0 Å². The smallest absolute Gasteiger partial charge is 0.197 e. The molecule has 0 aromatic heterocycles. The zero-order valence-corrected chi connectivity index (χ0v) is 12.9. The fourth-order valence-corrected chi connectivity index (χ4v) is 3.93. The van der Waals surface area contributed by atoms with Gasteiger partial charge in [-0.15, -0.1) is 0 Å². The highest BCUT2D eigenvalue weighted by Gasteiger charge is 2.55. The fraction of sp³-hybridized carbons (Fsp3) is 1.00. The molecule has 2 aliphatic heterocycles. The Morgan fingerprint density at radius 3 is 2.76 bits per heavy atom. The Labute approximate surface area is 126 Å². The number of rotatable bonds is 6. The molecule has 4 nitrogen and oxygen atoms in total. The van der Waals surface area contributed by atoms with Crippen molar-refractivity contribution in [1.29, 1.82) is 0 Å². The van der Waals surface area contributed by atoms with Crippen LogP contribution in [-0.2, 0) is 18.9 Å². The molecule has 0 unspecified atom stereocenters. The van der Waals surface area contributed by atoms with Crippen molar-refractivity contribution < 1.29 is 23.3 Å². The van der Waals surface area contributed by atoms with E-state index < -0.39 is 12.5 Å². The van der Waals surface area contributed by atoms with Crippen molar-refractivity contribution in [2.45, 2.75) is 69.0 Å². The Bertz CT molecular complexity index is 334. The standard InChI is InChI=1S/C16H27FO4/c1-18-15-9-13(19-10-12-5-3-2-4-6-12)14-11-20-16(15,21-14)7-8-17/h12-15H,2-11H2,1H3/t13-,14+,15+,16+/m0/s1. The van der Waals surface area contributed by atoms with Crippen LogP contribution in [0.3, 0.4) is 0 Å². The van der Waals surface area contributed by atoms with Gasteiger partial charge in [0.05, 0.1) is 19.4 Å². The average molecular weight is 302 g/mol. The van der Waals surface area contributed by atoms with Gasteiger partial charge in [0, 0.05) is 26.6 Å². The van der Waals surface area contributed by atoms with Crippen molar-refractivity contribution in [3.63, 3.8) is 0 Å². The Kier molecular flexibility index (Phi) is 5.15. The zero-order chi connectivity index (χ0) is 14.7. The second kappa shape index (κ2) is 6.90. The van der Waals surface area contributed by atoms with E-state index in [9.17, 15) is 4.39 Å². The molecule has 0 aromatic carbocycles. The molecule has 2 saturated heterocycles. The number of hydrogen-bond donors (Lipinski definition) is 0. The summed E-state index contributed by atoms with van der Waals surface area (Å²) in [5, 5.41) is 0. The monoisotopic (exact) mass is 302 g/mol. The van der Waals surface area contributed by atoms with E-state index in [1.54, 1.807) is 7.11 Å². The molecule has 3 rings (SSSR count). The molecule has 4 atom stereocenters. The molecule has 2 heterocycles. The maximum atomic E-state index is 12.8. The second-order valence-electron chi connectivity index (χ2n) is 6.55. The van der Waals surface area contributed by atoms with Crippen molar-refractivity contribution in [3.8, 4) is 0 Å². The van der Waals surface area contributed by atoms with E-state index >= 15 is 0 Å². The molecule has 0 aromatic rings. The summed E-state index contributed by atoms with van der Waals surface area (Å²) in [5.41, 5.74) is 0. The lowest BCUT2D eigenvalue weighted by atomic mass is 9.90. The molecule has 2 bridgehead atoms.